The third-order valence-electron chi connectivity index (χ3n) is 5.83. The molecule has 0 aromatic heterocycles. The van der Waals surface area contributed by atoms with Gasteiger partial charge in [-0.1, -0.05) is 43.2 Å². The summed E-state index contributed by atoms with van der Waals surface area (Å²) >= 11 is 0. The highest BCUT2D eigenvalue weighted by molar-refractivity contribution is 5.75. The second kappa shape index (κ2) is 9.11. The maximum Gasteiger partial charge on any atom is 0.407 e. The molecular weight excluding hydrogens is 342 g/mol. The van der Waals surface area contributed by atoms with Gasteiger partial charge in [-0.2, -0.15) is 0 Å². The van der Waals surface area contributed by atoms with Crippen molar-refractivity contribution in [3.8, 4) is 0 Å². The van der Waals surface area contributed by atoms with E-state index in [-0.39, 0.29) is 17.5 Å². The third-order valence-corrected chi connectivity index (χ3v) is 5.83. The van der Waals surface area contributed by atoms with Gasteiger partial charge in [0.1, 0.15) is 0 Å². The molecule has 2 N–H and O–H groups in total. The number of alkyl carbamates (subject to hydrolysis) is 1. The Labute approximate surface area is 161 Å². The van der Waals surface area contributed by atoms with E-state index in [4.69, 9.17) is 4.74 Å². The first kappa shape index (κ1) is 19.5. The first-order valence-electron chi connectivity index (χ1n) is 10.1. The number of piperidine rings is 1. The van der Waals surface area contributed by atoms with Gasteiger partial charge in [-0.15, -0.1) is 0 Å². The zero-order chi connectivity index (χ0) is 19.1. The van der Waals surface area contributed by atoms with E-state index in [0.717, 1.165) is 32.2 Å². The number of hydrogen-bond acceptors (Lipinski definition) is 3. The molecule has 0 spiro atoms. The van der Waals surface area contributed by atoms with Crippen molar-refractivity contribution in [2.45, 2.75) is 56.9 Å². The summed E-state index contributed by atoms with van der Waals surface area (Å²) in [5.41, 5.74) is 1.37. The van der Waals surface area contributed by atoms with Crippen LogP contribution in [0.15, 0.2) is 30.3 Å². The van der Waals surface area contributed by atoms with E-state index >= 15 is 0 Å². The molecule has 0 radical (unpaired) electrons. The Morgan fingerprint density at radius 3 is 2.63 bits per heavy atom. The summed E-state index contributed by atoms with van der Waals surface area (Å²) in [6.45, 7) is 4.06. The number of rotatable bonds is 5. The number of amides is 3. The van der Waals surface area contributed by atoms with Crippen molar-refractivity contribution in [3.63, 3.8) is 0 Å². The van der Waals surface area contributed by atoms with Crippen molar-refractivity contribution in [3.05, 3.63) is 35.9 Å². The first-order chi connectivity index (χ1) is 13.1. The molecule has 0 bridgehead atoms. The minimum absolute atomic E-state index is 0.0347. The number of carbonyl (C=O) groups excluding carboxylic acids is 2. The number of ether oxygens (including phenoxy) is 1. The van der Waals surface area contributed by atoms with Gasteiger partial charge in [0, 0.05) is 31.1 Å². The molecule has 1 saturated carbocycles. The molecule has 1 aliphatic carbocycles. The Kier molecular flexibility index (Phi) is 6.58. The van der Waals surface area contributed by atoms with E-state index in [0.29, 0.717) is 19.7 Å². The fourth-order valence-electron chi connectivity index (χ4n) is 4.39. The van der Waals surface area contributed by atoms with Gasteiger partial charge >= 0.3 is 12.1 Å². The van der Waals surface area contributed by atoms with Crippen molar-refractivity contribution < 1.29 is 14.3 Å². The van der Waals surface area contributed by atoms with E-state index in [1.807, 2.05) is 11.0 Å². The fraction of sp³-hybridized carbons (Fsp3) is 0.619. The number of hydrogen-bond donors (Lipinski definition) is 2. The van der Waals surface area contributed by atoms with Gasteiger partial charge in [0.05, 0.1) is 6.61 Å². The topological polar surface area (TPSA) is 70.7 Å². The Morgan fingerprint density at radius 2 is 1.93 bits per heavy atom. The Bertz CT molecular complexity index is 629. The Hall–Kier alpha value is -2.24. The molecule has 2 aliphatic rings. The lowest BCUT2D eigenvalue weighted by molar-refractivity contribution is 0.135. The SMILES string of the molecule is CCOC(=O)NC1CCCN(C(=O)NCC2(c3ccccc3)CCCC2)C1. The largest absolute Gasteiger partial charge is 0.450 e. The summed E-state index contributed by atoms with van der Waals surface area (Å²) in [5, 5.41) is 6.03. The predicted molar refractivity (Wildman–Crippen MR) is 105 cm³/mol. The molecule has 1 saturated heterocycles. The van der Waals surface area contributed by atoms with Crippen LogP contribution >= 0.6 is 0 Å². The van der Waals surface area contributed by atoms with Gasteiger partial charge < -0.3 is 20.3 Å². The summed E-state index contributed by atoms with van der Waals surface area (Å²) in [5.74, 6) is 0. The molecule has 1 atom stereocenters. The van der Waals surface area contributed by atoms with Gasteiger partial charge in [-0.25, -0.2) is 9.59 Å². The maximum absolute atomic E-state index is 12.8. The number of nitrogens with one attached hydrogen (secondary N) is 2. The number of carbonyl (C=O) groups is 2. The zero-order valence-corrected chi connectivity index (χ0v) is 16.2. The molecule has 1 aliphatic heterocycles. The lowest BCUT2D eigenvalue weighted by Crippen LogP contribution is -2.53. The van der Waals surface area contributed by atoms with Crippen LogP contribution in [-0.4, -0.2) is 49.3 Å². The van der Waals surface area contributed by atoms with Gasteiger partial charge in [0.2, 0.25) is 0 Å². The monoisotopic (exact) mass is 373 g/mol. The second-order valence-electron chi connectivity index (χ2n) is 7.66. The smallest absolute Gasteiger partial charge is 0.407 e. The van der Waals surface area contributed by atoms with Gasteiger partial charge in [-0.05, 0) is 38.2 Å². The van der Waals surface area contributed by atoms with Crippen LogP contribution in [0.3, 0.4) is 0 Å². The van der Waals surface area contributed by atoms with Crippen LogP contribution < -0.4 is 10.6 Å². The Morgan fingerprint density at radius 1 is 1.19 bits per heavy atom. The number of nitrogens with zero attached hydrogens (tertiary/aromatic N) is 1. The molecule has 3 rings (SSSR count). The predicted octanol–water partition coefficient (Wildman–Crippen LogP) is 3.42. The second-order valence-corrected chi connectivity index (χ2v) is 7.66. The fourth-order valence-corrected chi connectivity index (χ4v) is 4.39. The summed E-state index contributed by atoms with van der Waals surface area (Å²) in [6.07, 6.45) is 6.00. The van der Waals surface area contributed by atoms with Crippen LogP contribution in [0, 0.1) is 0 Å². The van der Waals surface area contributed by atoms with Crippen molar-refractivity contribution in [2.24, 2.45) is 0 Å². The molecule has 6 nitrogen and oxygen atoms in total. The number of likely N-dealkylation sites (tertiary alicyclic amines) is 1. The van der Waals surface area contributed by atoms with Crippen molar-refractivity contribution in [1.82, 2.24) is 15.5 Å². The minimum atomic E-state index is -0.404. The van der Waals surface area contributed by atoms with E-state index in [9.17, 15) is 9.59 Å². The molecule has 3 amide bonds. The van der Waals surface area contributed by atoms with Crippen LogP contribution in [0.4, 0.5) is 9.59 Å². The molecule has 1 aromatic carbocycles. The van der Waals surface area contributed by atoms with E-state index in [1.165, 1.54) is 18.4 Å². The number of benzene rings is 1. The average molecular weight is 373 g/mol. The van der Waals surface area contributed by atoms with Crippen molar-refractivity contribution >= 4 is 12.1 Å². The lowest BCUT2D eigenvalue weighted by Gasteiger charge is -2.35. The Balaban J connectivity index is 1.55. The van der Waals surface area contributed by atoms with Crippen LogP contribution in [0.1, 0.15) is 51.0 Å². The molecule has 1 unspecified atom stereocenters. The molecule has 1 heterocycles. The van der Waals surface area contributed by atoms with Crippen LogP contribution in [-0.2, 0) is 10.2 Å². The van der Waals surface area contributed by atoms with Crippen molar-refractivity contribution in [2.75, 3.05) is 26.2 Å². The minimum Gasteiger partial charge on any atom is -0.450 e. The average Bonchev–Trinajstić information content (AvgIpc) is 3.17. The van der Waals surface area contributed by atoms with Gasteiger partial charge in [0.15, 0.2) is 0 Å². The van der Waals surface area contributed by atoms with Crippen LogP contribution in [0.5, 0.6) is 0 Å². The molecule has 27 heavy (non-hydrogen) atoms. The standard InChI is InChI=1S/C21H31N3O3/c1-2-27-20(26)23-18-11-8-14-24(15-18)19(25)22-16-21(12-6-7-13-21)17-9-4-3-5-10-17/h3-5,9-10,18H,2,6-8,11-16H2,1H3,(H,22,25)(H,23,26). The number of urea groups is 1. The highest BCUT2D eigenvalue weighted by Crippen LogP contribution is 2.40. The quantitative estimate of drug-likeness (QED) is 0.831. The summed E-state index contributed by atoms with van der Waals surface area (Å²) < 4.78 is 4.95. The van der Waals surface area contributed by atoms with Gasteiger partial charge in [0.25, 0.3) is 0 Å². The van der Waals surface area contributed by atoms with Gasteiger partial charge in [-0.3, -0.25) is 0 Å². The summed E-state index contributed by atoms with van der Waals surface area (Å²) in [7, 11) is 0. The highest BCUT2D eigenvalue weighted by atomic mass is 16.5. The summed E-state index contributed by atoms with van der Waals surface area (Å²) in [6, 6.07) is 10.5. The molecule has 148 valence electrons. The van der Waals surface area contributed by atoms with Crippen LogP contribution in [0.25, 0.3) is 0 Å². The van der Waals surface area contributed by atoms with E-state index < -0.39 is 6.09 Å². The lowest BCUT2D eigenvalue weighted by atomic mass is 9.79. The highest BCUT2D eigenvalue weighted by Gasteiger charge is 2.36. The van der Waals surface area contributed by atoms with E-state index in [1.54, 1.807) is 6.92 Å². The molecular formula is C21H31N3O3. The summed E-state index contributed by atoms with van der Waals surface area (Å²) in [4.78, 5) is 26.2. The third kappa shape index (κ3) is 4.93. The molecule has 1 aromatic rings. The van der Waals surface area contributed by atoms with Crippen LogP contribution in [0.2, 0.25) is 0 Å². The normalized spacial score (nSPS) is 21.5. The molecule has 2 fully saturated rings. The maximum atomic E-state index is 12.8. The molecule has 6 heteroatoms. The van der Waals surface area contributed by atoms with E-state index in [2.05, 4.69) is 34.9 Å². The first-order valence-corrected chi connectivity index (χ1v) is 10.1. The van der Waals surface area contributed by atoms with Crippen molar-refractivity contribution in [1.29, 1.82) is 0 Å². The zero-order valence-electron chi connectivity index (χ0n) is 16.2.